The molecule has 0 radical (unpaired) electrons. The molecule has 8 nitrogen and oxygen atoms in total. The van der Waals surface area contributed by atoms with E-state index in [2.05, 4.69) is 10.6 Å². The van der Waals surface area contributed by atoms with Gasteiger partial charge in [-0.1, -0.05) is 60.7 Å². The Balaban J connectivity index is 2.00. The van der Waals surface area contributed by atoms with E-state index in [0.29, 0.717) is 11.1 Å². The van der Waals surface area contributed by atoms with E-state index in [1.54, 1.807) is 60.7 Å². The lowest BCUT2D eigenvalue weighted by Crippen LogP contribution is -2.32. The van der Waals surface area contributed by atoms with Gasteiger partial charge in [0.15, 0.2) is 0 Å². The number of hydrogen-bond acceptors (Lipinski definition) is 4. The van der Waals surface area contributed by atoms with Crippen LogP contribution in [-0.4, -0.2) is 32.7 Å². The zero-order valence-electron chi connectivity index (χ0n) is 13.8. The minimum absolute atomic E-state index is 0.105. The van der Waals surface area contributed by atoms with Crippen molar-refractivity contribution in [3.05, 3.63) is 71.8 Å². The standard InChI is InChI=1S/C16H22N2O6P2/c19-25(20,21)15(13-7-3-1-4-8-13)17-11-12-18-16(26(22,23)24)14-9-5-2-6-10-14/h1-10,15-18H,11-12H2,(H2,19,20,21)(H2,22,23,24). The Morgan fingerprint density at radius 3 is 1.23 bits per heavy atom. The predicted octanol–water partition coefficient (Wildman–Crippen LogP) is 1.92. The van der Waals surface area contributed by atoms with Gasteiger partial charge in [-0.2, -0.15) is 0 Å². The summed E-state index contributed by atoms with van der Waals surface area (Å²) in [5, 5.41) is 5.51. The molecule has 142 valence electrons. The molecule has 26 heavy (non-hydrogen) atoms. The van der Waals surface area contributed by atoms with Crippen molar-refractivity contribution in [3.63, 3.8) is 0 Å². The quantitative estimate of drug-likeness (QED) is 0.277. The highest BCUT2D eigenvalue weighted by Crippen LogP contribution is 2.50. The second kappa shape index (κ2) is 9.04. The Morgan fingerprint density at radius 1 is 0.654 bits per heavy atom. The molecule has 0 aliphatic heterocycles. The molecule has 2 aromatic rings. The van der Waals surface area contributed by atoms with Gasteiger partial charge < -0.3 is 19.6 Å². The summed E-state index contributed by atoms with van der Waals surface area (Å²) in [4.78, 5) is 38.2. The normalized spacial score (nSPS) is 14.8. The monoisotopic (exact) mass is 400 g/mol. The van der Waals surface area contributed by atoms with E-state index >= 15 is 0 Å². The molecule has 2 atom stereocenters. The molecule has 0 saturated carbocycles. The highest BCUT2D eigenvalue weighted by molar-refractivity contribution is 7.52. The van der Waals surface area contributed by atoms with Crippen LogP contribution in [0.3, 0.4) is 0 Å². The molecule has 0 heterocycles. The summed E-state index contributed by atoms with van der Waals surface area (Å²) in [5.74, 6) is -2.37. The first-order valence-corrected chi connectivity index (χ1v) is 11.2. The Bertz CT molecular complexity index is 710. The van der Waals surface area contributed by atoms with Crippen LogP contribution >= 0.6 is 15.2 Å². The topological polar surface area (TPSA) is 139 Å². The lowest BCUT2D eigenvalue weighted by Gasteiger charge is -2.23. The maximum absolute atomic E-state index is 11.7. The molecule has 2 aromatic carbocycles. The van der Waals surface area contributed by atoms with E-state index in [-0.39, 0.29) is 13.1 Å². The third-order valence-electron chi connectivity index (χ3n) is 3.70. The fraction of sp³-hybridized carbons (Fsp3) is 0.250. The summed E-state index contributed by atoms with van der Waals surface area (Å²) in [6.45, 7) is 0.210. The van der Waals surface area contributed by atoms with E-state index < -0.39 is 26.8 Å². The van der Waals surface area contributed by atoms with E-state index in [4.69, 9.17) is 0 Å². The molecule has 0 spiro atoms. The summed E-state index contributed by atoms with van der Waals surface area (Å²) in [5.41, 5.74) is 0.880. The summed E-state index contributed by atoms with van der Waals surface area (Å²) in [6.07, 6.45) is 0. The fourth-order valence-electron chi connectivity index (χ4n) is 2.55. The van der Waals surface area contributed by atoms with E-state index in [9.17, 15) is 28.7 Å². The number of hydrogen-bond donors (Lipinski definition) is 6. The Morgan fingerprint density at radius 2 is 0.962 bits per heavy atom. The van der Waals surface area contributed by atoms with E-state index in [1.807, 2.05) is 0 Å². The smallest absolute Gasteiger partial charge is 0.323 e. The summed E-state index contributed by atoms with van der Waals surface area (Å²) in [6, 6.07) is 16.6. The van der Waals surface area contributed by atoms with Gasteiger partial charge in [0.05, 0.1) is 0 Å². The van der Waals surface area contributed by atoms with Gasteiger partial charge >= 0.3 is 15.2 Å². The Labute approximate surface area is 151 Å². The number of nitrogens with one attached hydrogen (secondary N) is 2. The molecule has 0 aromatic heterocycles. The molecule has 0 fully saturated rings. The Kier molecular flexibility index (Phi) is 7.29. The fourth-order valence-corrected chi connectivity index (χ4v) is 4.41. The lowest BCUT2D eigenvalue weighted by molar-refractivity contribution is 0.339. The zero-order chi connectivity index (χ0) is 19.2. The van der Waals surface area contributed by atoms with Gasteiger partial charge in [-0.05, 0) is 11.1 Å². The highest BCUT2D eigenvalue weighted by Gasteiger charge is 2.31. The predicted molar refractivity (Wildman–Crippen MR) is 98.5 cm³/mol. The molecule has 2 unspecified atom stereocenters. The first kappa shape index (κ1) is 21.0. The van der Waals surface area contributed by atoms with Crippen LogP contribution in [0, 0.1) is 0 Å². The average molecular weight is 400 g/mol. The third-order valence-corrected chi connectivity index (χ3v) is 6.01. The van der Waals surface area contributed by atoms with Gasteiger partial charge in [-0.3, -0.25) is 19.8 Å². The van der Waals surface area contributed by atoms with Gasteiger partial charge in [0.25, 0.3) is 0 Å². The van der Waals surface area contributed by atoms with Crippen molar-refractivity contribution in [3.8, 4) is 0 Å². The van der Waals surface area contributed by atoms with Crippen molar-refractivity contribution in [2.24, 2.45) is 0 Å². The van der Waals surface area contributed by atoms with Crippen LogP contribution in [0.2, 0.25) is 0 Å². The second-order valence-electron chi connectivity index (χ2n) is 5.71. The number of rotatable bonds is 9. The average Bonchev–Trinajstić information content (AvgIpc) is 2.57. The lowest BCUT2D eigenvalue weighted by atomic mass is 10.2. The van der Waals surface area contributed by atoms with Crippen molar-refractivity contribution < 1.29 is 28.7 Å². The molecule has 2 rings (SSSR count). The molecule has 0 bridgehead atoms. The van der Waals surface area contributed by atoms with Crippen LogP contribution in [0.15, 0.2) is 60.7 Å². The molecule has 0 aliphatic carbocycles. The maximum Gasteiger partial charge on any atom is 0.346 e. The second-order valence-corrected chi connectivity index (χ2v) is 9.10. The van der Waals surface area contributed by atoms with Gasteiger partial charge in [0.1, 0.15) is 11.6 Å². The summed E-state index contributed by atoms with van der Waals surface area (Å²) in [7, 11) is -8.89. The van der Waals surface area contributed by atoms with Crippen LogP contribution < -0.4 is 10.6 Å². The molecule has 10 heteroatoms. The number of benzene rings is 2. The zero-order valence-corrected chi connectivity index (χ0v) is 15.6. The van der Waals surface area contributed by atoms with Crippen molar-refractivity contribution in [1.82, 2.24) is 10.6 Å². The molecule has 0 amide bonds. The summed E-state index contributed by atoms with van der Waals surface area (Å²) < 4.78 is 23.5. The van der Waals surface area contributed by atoms with Gasteiger partial charge in [0.2, 0.25) is 0 Å². The molecule has 6 N–H and O–H groups in total. The Hall–Kier alpha value is -1.34. The first-order valence-electron chi connectivity index (χ1n) is 7.86. The van der Waals surface area contributed by atoms with Crippen molar-refractivity contribution in [2.75, 3.05) is 13.1 Å². The molecular weight excluding hydrogens is 378 g/mol. The molecular formula is C16H22N2O6P2. The van der Waals surface area contributed by atoms with E-state index in [1.165, 1.54) is 0 Å². The van der Waals surface area contributed by atoms with Gasteiger partial charge in [-0.25, -0.2) is 0 Å². The maximum atomic E-state index is 11.7. The third kappa shape index (κ3) is 6.13. The van der Waals surface area contributed by atoms with Gasteiger partial charge in [-0.15, -0.1) is 0 Å². The van der Waals surface area contributed by atoms with Crippen LogP contribution in [0.1, 0.15) is 22.7 Å². The highest BCUT2D eigenvalue weighted by atomic mass is 31.2. The first-order chi connectivity index (χ1) is 12.2. The molecule has 0 saturated heterocycles. The summed E-state index contributed by atoms with van der Waals surface area (Å²) >= 11 is 0. The minimum Gasteiger partial charge on any atom is -0.323 e. The molecule has 0 aliphatic rings. The van der Waals surface area contributed by atoms with Gasteiger partial charge in [0, 0.05) is 13.1 Å². The van der Waals surface area contributed by atoms with Crippen molar-refractivity contribution >= 4 is 15.2 Å². The van der Waals surface area contributed by atoms with Crippen LogP contribution in [0.5, 0.6) is 0 Å². The van der Waals surface area contributed by atoms with E-state index in [0.717, 1.165) is 0 Å². The largest absolute Gasteiger partial charge is 0.346 e. The minimum atomic E-state index is -4.44. The van der Waals surface area contributed by atoms with Crippen LogP contribution in [0.25, 0.3) is 0 Å². The van der Waals surface area contributed by atoms with Crippen molar-refractivity contribution in [1.29, 1.82) is 0 Å². The van der Waals surface area contributed by atoms with Crippen molar-refractivity contribution in [2.45, 2.75) is 11.6 Å². The SMILES string of the molecule is O=P(O)(O)C(NCCNC(c1ccccc1)P(=O)(O)O)c1ccccc1. The van der Waals surface area contributed by atoms with Crippen LogP contribution in [0.4, 0.5) is 0 Å². The van der Waals surface area contributed by atoms with Crippen LogP contribution in [-0.2, 0) is 9.13 Å².